The van der Waals surface area contributed by atoms with E-state index in [1.165, 1.54) is 28.9 Å². The molecular weight excluding hydrogens is 493 g/mol. The number of hydrogen-bond donors (Lipinski definition) is 2. The summed E-state index contributed by atoms with van der Waals surface area (Å²) in [7, 11) is 0. The van der Waals surface area contributed by atoms with E-state index >= 15 is 0 Å². The third-order valence-corrected chi connectivity index (χ3v) is 6.71. The number of aliphatic carboxylic acids is 1. The molecule has 2 aromatic rings. The van der Waals surface area contributed by atoms with Gasteiger partial charge in [0.2, 0.25) is 5.91 Å². The fraction of sp³-hybridized carbons (Fsp3) is 0.520. The van der Waals surface area contributed by atoms with Crippen molar-refractivity contribution in [2.24, 2.45) is 0 Å². The van der Waals surface area contributed by atoms with Gasteiger partial charge in [-0.05, 0) is 37.8 Å². The number of carbonyl (C=O) groups is 3. The van der Waals surface area contributed by atoms with Crippen LogP contribution in [0.2, 0.25) is 0 Å². The molecule has 1 saturated carbocycles. The minimum Gasteiger partial charge on any atom is -0.550 e. The number of ether oxygens (including phenoxy) is 1. The number of rotatable bonds is 8. The molecule has 4 rings (SSSR count). The van der Waals surface area contributed by atoms with Crippen LogP contribution in [-0.4, -0.2) is 52.9 Å². The maximum Gasteiger partial charge on any atom is 0.417 e. The van der Waals surface area contributed by atoms with Gasteiger partial charge in [-0.3, -0.25) is 14.3 Å². The van der Waals surface area contributed by atoms with Gasteiger partial charge in [0.25, 0.3) is 5.91 Å². The van der Waals surface area contributed by atoms with Crippen molar-refractivity contribution in [3.05, 3.63) is 41.6 Å². The van der Waals surface area contributed by atoms with Gasteiger partial charge in [-0.15, -0.1) is 0 Å². The highest BCUT2D eigenvalue weighted by Crippen LogP contribution is 2.40. The van der Waals surface area contributed by atoms with Crippen LogP contribution >= 0.6 is 0 Å². The van der Waals surface area contributed by atoms with E-state index in [9.17, 15) is 32.7 Å². The SMILES string of the molecule is O=C([O-])CC(NC(=O)c1cc(-c2ccccc2C(F)(F)F)n(C2CCCC2)n1)C(=O)NC1CCOCC1. The molecule has 2 fully saturated rings. The second-order valence-electron chi connectivity index (χ2n) is 9.34. The fourth-order valence-electron chi connectivity index (χ4n) is 4.84. The molecule has 1 aliphatic carbocycles. The summed E-state index contributed by atoms with van der Waals surface area (Å²) in [6, 6.07) is 4.46. The molecular formula is C25H28F3N4O5-. The predicted molar refractivity (Wildman–Crippen MR) is 123 cm³/mol. The molecule has 2 amide bonds. The molecule has 1 unspecified atom stereocenters. The van der Waals surface area contributed by atoms with Crippen molar-refractivity contribution in [1.82, 2.24) is 20.4 Å². The van der Waals surface area contributed by atoms with Crippen LogP contribution in [0.15, 0.2) is 30.3 Å². The highest BCUT2D eigenvalue weighted by molar-refractivity contribution is 5.98. The fourth-order valence-corrected chi connectivity index (χ4v) is 4.84. The van der Waals surface area contributed by atoms with E-state index in [1.54, 1.807) is 0 Å². The van der Waals surface area contributed by atoms with E-state index < -0.39 is 42.0 Å². The van der Waals surface area contributed by atoms with Gasteiger partial charge in [0.1, 0.15) is 6.04 Å². The maximum absolute atomic E-state index is 13.8. The highest BCUT2D eigenvalue weighted by atomic mass is 19.4. The Morgan fingerprint density at radius 2 is 1.78 bits per heavy atom. The van der Waals surface area contributed by atoms with Gasteiger partial charge >= 0.3 is 6.18 Å². The molecule has 1 saturated heterocycles. The van der Waals surface area contributed by atoms with E-state index in [1.807, 2.05) is 0 Å². The second kappa shape index (κ2) is 11.3. The Kier molecular flexibility index (Phi) is 8.16. The summed E-state index contributed by atoms with van der Waals surface area (Å²) in [5.74, 6) is -3.10. The summed E-state index contributed by atoms with van der Waals surface area (Å²) in [6.45, 7) is 0.895. The average Bonchev–Trinajstić information content (AvgIpc) is 3.53. The Morgan fingerprint density at radius 1 is 1.11 bits per heavy atom. The predicted octanol–water partition coefficient (Wildman–Crippen LogP) is 2.22. The number of carboxylic acid groups (broad SMARTS) is 1. The van der Waals surface area contributed by atoms with Crippen LogP contribution in [0.5, 0.6) is 0 Å². The van der Waals surface area contributed by atoms with Gasteiger partial charge in [0.05, 0.1) is 17.3 Å². The number of carboxylic acids is 1. The molecule has 2 N–H and O–H groups in total. The normalized spacial score (nSPS) is 17.9. The first kappa shape index (κ1) is 26.6. The molecule has 12 heteroatoms. The van der Waals surface area contributed by atoms with Gasteiger partial charge < -0.3 is 25.3 Å². The molecule has 37 heavy (non-hydrogen) atoms. The summed E-state index contributed by atoms with van der Waals surface area (Å²) >= 11 is 0. The summed E-state index contributed by atoms with van der Waals surface area (Å²) in [5, 5.41) is 20.7. The monoisotopic (exact) mass is 521 g/mol. The molecule has 0 spiro atoms. The molecule has 2 heterocycles. The second-order valence-corrected chi connectivity index (χ2v) is 9.34. The molecule has 0 bridgehead atoms. The zero-order valence-electron chi connectivity index (χ0n) is 20.1. The summed E-state index contributed by atoms with van der Waals surface area (Å²) in [5.41, 5.74) is -1.04. The molecule has 9 nitrogen and oxygen atoms in total. The zero-order chi connectivity index (χ0) is 26.6. The number of alkyl halides is 3. The van der Waals surface area contributed by atoms with Crippen molar-refractivity contribution in [2.75, 3.05) is 13.2 Å². The molecule has 1 aromatic heterocycles. The molecule has 1 aliphatic heterocycles. The van der Waals surface area contributed by atoms with Crippen molar-refractivity contribution >= 4 is 17.8 Å². The van der Waals surface area contributed by atoms with Gasteiger partial charge in [-0.2, -0.15) is 18.3 Å². The van der Waals surface area contributed by atoms with Crippen LogP contribution < -0.4 is 15.7 Å². The van der Waals surface area contributed by atoms with E-state index in [0.717, 1.165) is 18.9 Å². The standard InChI is InChI=1S/C25H29F3N4O5/c26-25(27,28)18-8-4-3-7-17(18)21-13-20(31-32(21)16-5-1-2-6-16)24(36)30-19(14-22(33)34)23(35)29-15-9-11-37-12-10-15/h3-4,7-8,13,15-16,19H,1-2,5-6,9-12,14H2,(H,29,35)(H,30,36)(H,33,34)/p-1. The lowest BCUT2D eigenvalue weighted by Crippen LogP contribution is -2.52. The van der Waals surface area contributed by atoms with Crippen molar-refractivity contribution in [1.29, 1.82) is 0 Å². The topological polar surface area (TPSA) is 125 Å². The van der Waals surface area contributed by atoms with E-state index in [2.05, 4.69) is 15.7 Å². The number of hydrogen-bond acceptors (Lipinski definition) is 6. The molecule has 1 aromatic carbocycles. The Hall–Kier alpha value is -3.41. The molecule has 1 atom stereocenters. The minimum absolute atomic E-state index is 0.114. The third-order valence-electron chi connectivity index (χ3n) is 6.71. The van der Waals surface area contributed by atoms with Crippen LogP contribution in [0.4, 0.5) is 13.2 Å². The van der Waals surface area contributed by atoms with Crippen molar-refractivity contribution in [2.45, 2.75) is 69.2 Å². The number of aromatic nitrogens is 2. The lowest BCUT2D eigenvalue weighted by atomic mass is 10.0. The van der Waals surface area contributed by atoms with Crippen LogP contribution in [0.25, 0.3) is 11.3 Å². The van der Waals surface area contributed by atoms with E-state index in [-0.39, 0.29) is 29.0 Å². The first-order valence-electron chi connectivity index (χ1n) is 12.3. The molecule has 2 aliphatic rings. The smallest absolute Gasteiger partial charge is 0.417 e. The van der Waals surface area contributed by atoms with Gasteiger partial charge in [0, 0.05) is 37.2 Å². The average molecular weight is 522 g/mol. The van der Waals surface area contributed by atoms with Gasteiger partial charge in [0.15, 0.2) is 5.69 Å². The molecule has 0 radical (unpaired) electrons. The first-order valence-corrected chi connectivity index (χ1v) is 12.3. The number of halogens is 3. The van der Waals surface area contributed by atoms with Crippen molar-refractivity contribution < 1.29 is 37.4 Å². The van der Waals surface area contributed by atoms with E-state index in [4.69, 9.17) is 4.74 Å². The molecule has 200 valence electrons. The van der Waals surface area contributed by atoms with Crippen molar-refractivity contribution in [3.63, 3.8) is 0 Å². The summed E-state index contributed by atoms with van der Waals surface area (Å²) < 4.78 is 48.0. The third kappa shape index (κ3) is 6.48. The number of benzene rings is 1. The van der Waals surface area contributed by atoms with Crippen LogP contribution in [0.3, 0.4) is 0 Å². The van der Waals surface area contributed by atoms with Crippen LogP contribution in [-0.2, 0) is 20.5 Å². The van der Waals surface area contributed by atoms with Crippen LogP contribution in [0.1, 0.15) is 67.0 Å². The number of amides is 2. The zero-order valence-corrected chi connectivity index (χ0v) is 20.1. The quantitative estimate of drug-likeness (QED) is 0.549. The number of nitrogens with one attached hydrogen (secondary N) is 2. The van der Waals surface area contributed by atoms with Gasteiger partial charge in [-0.25, -0.2) is 0 Å². The highest BCUT2D eigenvalue weighted by Gasteiger charge is 2.35. The maximum atomic E-state index is 13.8. The lowest BCUT2D eigenvalue weighted by Gasteiger charge is -2.26. The number of carbonyl (C=O) groups excluding carboxylic acids is 3. The number of nitrogens with zero attached hydrogens (tertiary/aromatic N) is 2. The van der Waals surface area contributed by atoms with E-state index in [0.29, 0.717) is 38.9 Å². The Balaban J connectivity index is 1.62. The van der Waals surface area contributed by atoms with Crippen LogP contribution in [0, 0.1) is 0 Å². The summed E-state index contributed by atoms with van der Waals surface area (Å²) in [4.78, 5) is 37.2. The summed E-state index contributed by atoms with van der Waals surface area (Å²) in [6.07, 6.45) is -1.13. The van der Waals surface area contributed by atoms with Gasteiger partial charge in [-0.1, -0.05) is 31.0 Å². The first-order chi connectivity index (χ1) is 17.6. The Morgan fingerprint density at radius 3 is 2.43 bits per heavy atom. The van der Waals surface area contributed by atoms with Crippen molar-refractivity contribution in [3.8, 4) is 11.3 Å². The lowest BCUT2D eigenvalue weighted by molar-refractivity contribution is -0.306. The minimum atomic E-state index is -4.62. The Labute approximate surface area is 211 Å². The Bertz CT molecular complexity index is 1140. The largest absolute Gasteiger partial charge is 0.550 e.